The number of hydrogen-bond acceptors (Lipinski definition) is 2. The summed E-state index contributed by atoms with van der Waals surface area (Å²) in [5, 5.41) is 0.873. The lowest BCUT2D eigenvalue weighted by atomic mass is 10.0. The van der Waals surface area contributed by atoms with Crippen LogP contribution in [0.5, 0.6) is 0 Å². The van der Waals surface area contributed by atoms with Crippen molar-refractivity contribution < 1.29 is 0 Å². The van der Waals surface area contributed by atoms with Gasteiger partial charge in [0, 0.05) is 20.5 Å². The topological polar surface area (TPSA) is 17.1 Å². The molecule has 1 aromatic heterocycles. The quantitative estimate of drug-likeness (QED) is 0.733. The smallest absolute Gasteiger partial charge is 0.195 e. The van der Waals surface area contributed by atoms with Gasteiger partial charge in [-0.05, 0) is 50.0 Å². The minimum absolute atomic E-state index is 0.153. The first-order valence-electron chi connectivity index (χ1n) is 7.54. The van der Waals surface area contributed by atoms with Crippen molar-refractivity contribution in [3.8, 4) is 0 Å². The minimum Gasteiger partial charge on any atom is -0.289 e. The maximum Gasteiger partial charge on any atom is 0.195 e. The van der Waals surface area contributed by atoms with E-state index >= 15 is 0 Å². The fourth-order valence-corrected chi connectivity index (χ4v) is 3.82. The Balaban J connectivity index is 2.95. The standard InChI is InChI=1S/C19H22OS/c1-5-9-15-17(10-6-2)21-19-14(8-4)11-13(7-3)12-16(19)18(15)20/h5-6,9-12H,7-8H2,1-4H3/b9-5-,10-6-. The van der Waals surface area contributed by atoms with Gasteiger partial charge in [-0.25, -0.2) is 0 Å². The largest absolute Gasteiger partial charge is 0.289 e. The van der Waals surface area contributed by atoms with Crippen molar-refractivity contribution in [2.75, 3.05) is 0 Å². The van der Waals surface area contributed by atoms with Gasteiger partial charge in [-0.15, -0.1) is 11.3 Å². The third-order valence-corrected chi connectivity index (χ3v) is 4.90. The Hall–Kier alpha value is -1.67. The van der Waals surface area contributed by atoms with Crippen molar-refractivity contribution in [2.24, 2.45) is 0 Å². The van der Waals surface area contributed by atoms with Crippen LogP contribution in [0.4, 0.5) is 0 Å². The summed E-state index contributed by atoms with van der Waals surface area (Å²) in [4.78, 5) is 13.9. The summed E-state index contributed by atoms with van der Waals surface area (Å²) in [6, 6.07) is 4.31. The summed E-state index contributed by atoms with van der Waals surface area (Å²) in [5.41, 5.74) is 3.49. The lowest BCUT2D eigenvalue weighted by molar-refractivity contribution is 1.10. The van der Waals surface area contributed by atoms with E-state index in [0.29, 0.717) is 0 Å². The molecule has 0 atom stereocenters. The molecule has 0 N–H and O–H groups in total. The van der Waals surface area contributed by atoms with Gasteiger partial charge in [-0.1, -0.05) is 38.1 Å². The zero-order chi connectivity index (χ0) is 15.4. The van der Waals surface area contributed by atoms with Crippen LogP contribution in [-0.2, 0) is 12.8 Å². The molecule has 0 saturated carbocycles. The molecule has 0 fully saturated rings. The zero-order valence-corrected chi connectivity index (χ0v) is 14.0. The molecule has 110 valence electrons. The Labute approximate surface area is 130 Å². The summed E-state index contributed by atoms with van der Waals surface area (Å²) in [7, 11) is 0. The molecule has 1 heterocycles. The molecule has 0 aliphatic rings. The van der Waals surface area contributed by atoms with Crippen LogP contribution < -0.4 is 5.43 Å². The number of fused-ring (bicyclic) bond motifs is 1. The summed E-state index contributed by atoms with van der Waals surface area (Å²) in [5.74, 6) is 0. The molecule has 1 aromatic carbocycles. The van der Waals surface area contributed by atoms with Crippen molar-refractivity contribution >= 4 is 33.6 Å². The second-order valence-corrected chi connectivity index (χ2v) is 6.10. The van der Waals surface area contributed by atoms with Gasteiger partial charge in [0.05, 0.1) is 0 Å². The zero-order valence-electron chi connectivity index (χ0n) is 13.2. The number of aryl methyl sites for hydroxylation is 2. The number of benzene rings is 1. The van der Waals surface area contributed by atoms with Crippen molar-refractivity contribution in [2.45, 2.75) is 40.5 Å². The van der Waals surface area contributed by atoms with Crippen LogP contribution in [0.3, 0.4) is 0 Å². The fraction of sp³-hybridized carbons (Fsp3) is 0.316. The minimum atomic E-state index is 0.153. The summed E-state index contributed by atoms with van der Waals surface area (Å²) in [6.07, 6.45) is 9.82. The molecule has 0 saturated heterocycles. The average molecular weight is 298 g/mol. The molecule has 0 spiro atoms. The highest BCUT2D eigenvalue weighted by Gasteiger charge is 2.12. The first kappa shape index (κ1) is 15.7. The van der Waals surface area contributed by atoms with E-state index in [1.165, 1.54) is 11.1 Å². The van der Waals surface area contributed by atoms with Gasteiger partial charge in [0.2, 0.25) is 0 Å². The molecular formula is C19H22OS. The molecule has 1 nitrogen and oxygen atoms in total. The highest BCUT2D eigenvalue weighted by molar-refractivity contribution is 7.19. The van der Waals surface area contributed by atoms with Crippen molar-refractivity contribution in [3.63, 3.8) is 0 Å². The molecule has 0 unspecified atom stereocenters. The maximum atomic E-state index is 12.9. The third kappa shape index (κ3) is 3.01. The predicted octanol–water partition coefficient (Wildman–Crippen LogP) is 5.45. The number of rotatable bonds is 4. The van der Waals surface area contributed by atoms with Crippen LogP contribution in [0.25, 0.3) is 22.2 Å². The molecule has 0 bridgehead atoms. The van der Waals surface area contributed by atoms with Crippen LogP contribution >= 0.6 is 11.3 Å². The molecule has 2 rings (SSSR count). The lowest BCUT2D eigenvalue weighted by Crippen LogP contribution is -2.08. The Kier molecular flexibility index (Phi) is 5.13. The normalized spacial score (nSPS) is 12.0. The van der Waals surface area contributed by atoms with Crippen LogP contribution in [0.2, 0.25) is 0 Å². The van der Waals surface area contributed by atoms with Gasteiger partial charge < -0.3 is 0 Å². The number of hydrogen-bond donors (Lipinski definition) is 0. The molecule has 2 heteroatoms. The first-order valence-corrected chi connectivity index (χ1v) is 8.35. The van der Waals surface area contributed by atoms with E-state index in [1.54, 1.807) is 11.3 Å². The Morgan fingerprint density at radius 2 is 1.76 bits per heavy atom. The highest BCUT2D eigenvalue weighted by atomic mass is 32.1. The van der Waals surface area contributed by atoms with Gasteiger partial charge in [0.25, 0.3) is 0 Å². The molecular weight excluding hydrogens is 276 g/mol. The van der Waals surface area contributed by atoms with E-state index in [1.807, 2.05) is 38.2 Å². The van der Waals surface area contributed by atoms with Gasteiger partial charge in [-0.2, -0.15) is 0 Å². The van der Waals surface area contributed by atoms with Gasteiger partial charge in [-0.3, -0.25) is 4.79 Å². The summed E-state index contributed by atoms with van der Waals surface area (Å²) in [6.45, 7) is 8.23. The SMILES string of the molecule is C/C=C\c1sc2c(CC)cc(CC)cc2c(=O)c1/C=C\C. The molecule has 21 heavy (non-hydrogen) atoms. The van der Waals surface area contributed by atoms with Crippen LogP contribution in [0.15, 0.2) is 29.1 Å². The predicted molar refractivity (Wildman–Crippen MR) is 96.3 cm³/mol. The van der Waals surface area contributed by atoms with E-state index in [4.69, 9.17) is 0 Å². The first-order chi connectivity index (χ1) is 10.2. The molecule has 0 aliphatic carbocycles. The summed E-state index contributed by atoms with van der Waals surface area (Å²) >= 11 is 1.72. The van der Waals surface area contributed by atoms with Gasteiger partial charge >= 0.3 is 0 Å². The highest BCUT2D eigenvalue weighted by Crippen LogP contribution is 2.29. The van der Waals surface area contributed by atoms with E-state index in [2.05, 4.69) is 26.0 Å². The van der Waals surface area contributed by atoms with Crippen LogP contribution in [0, 0.1) is 0 Å². The molecule has 0 amide bonds. The van der Waals surface area contributed by atoms with E-state index < -0.39 is 0 Å². The lowest BCUT2D eigenvalue weighted by Gasteiger charge is -2.10. The average Bonchev–Trinajstić information content (AvgIpc) is 2.50. The van der Waals surface area contributed by atoms with Crippen LogP contribution in [-0.4, -0.2) is 0 Å². The monoisotopic (exact) mass is 298 g/mol. The molecule has 0 radical (unpaired) electrons. The number of allylic oxidation sites excluding steroid dienone is 2. The second kappa shape index (κ2) is 6.86. The second-order valence-electron chi connectivity index (χ2n) is 5.05. The third-order valence-electron chi connectivity index (χ3n) is 3.63. The van der Waals surface area contributed by atoms with Crippen molar-refractivity contribution in [1.29, 1.82) is 0 Å². The van der Waals surface area contributed by atoms with Gasteiger partial charge in [0.15, 0.2) is 5.43 Å². The summed E-state index contributed by atoms with van der Waals surface area (Å²) < 4.78 is 1.14. The van der Waals surface area contributed by atoms with Crippen LogP contribution in [0.1, 0.15) is 49.3 Å². The molecule has 0 aliphatic heterocycles. The Bertz CT molecular complexity index is 763. The van der Waals surface area contributed by atoms with Gasteiger partial charge in [0.1, 0.15) is 0 Å². The van der Waals surface area contributed by atoms with Crippen molar-refractivity contribution in [3.05, 3.63) is 56.1 Å². The molecule has 2 aromatic rings. The maximum absolute atomic E-state index is 12.9. The Morgan fingerprint density at radius 1 is 1.05 bits per heavy atom. The van der Waals surface area contributed by atoms with Crippen molar-refractivity contribution in [1.82, 2.24) is 0 Å². The van der Waals surface area contributed by atoms with E-state index in [9.17, 15) is 4.79 Å². The fourth-order valence-electron chi connectivity index (χ4n) is 2.53. The van der Waals surface area contributed by atoms with E-state index in [-0.39, 0.29) is 5.43 Å². The Morgan fingerprint density at radius 3 is 2.33 bits per heavy atom. The van der Waals surface area contributed by atoms with E-state index in [0.717, 1.165) is 33.4 Å².